The Hall–Kier alpha value is -1.92. The number of nitrogens with one attached hydrogen (secondary N) is 1. The topological polar surface area (TPSA) is 95.9 Å². The third kappa shape index (κ3) is 57.2. The summed E-state index contributed by atoms with van der Waals surface area (Å²) in [7, 11) is 0. The molecular formula is C65H123NO5. The molecule has 6 nitrogen and oxygen atoms in total. The first-order valence-electron chi connectivity index (χ1n) is 31.8. The highest BCUT2D eigenvalue weighted by atomic mass is 16.5. The number of allylic oxidation sites excluding steroid dienone is 5. The van der Waals surface area contributed by atoms with E-state index < -0.39 is 12.1 Å². The maximum Gasteiger partial charge on any atom is 0.305 e. The number of unbranched alkanes of at least 4 members (excludes halogenated alkanes) is 44. The van der Waals surface area contributed by atoms with Crippen LogP contribution in [0.4, 0.5) is 0 Å². The lowest BCUT2D eigenvalue weighted by Crippen LogP contribution is -2.45. The predicted octanol–water partition coefficient (Wildman–Crippen LogP) is 20.0. The van der Waals surface area contributed by atoms with Crippen molar-refractivity contribution in [2.45, 2.75) is 353 Å². The van der Waals surface area contributed by atoms with Gasteiger partial charge in [-0.05, 0) is 83.5 Å². The molecular weight excluding hydrogens is 875 g/mol. The molecule has 0 saturated heterocycles. The molecule has 418 valence electrons. The second kappa shape index (κ2) is 60.6. The highest BCUT2D eigenvalue weighted by Crippen LogP contribution is 2.17. The number of carbonyl (C=O) groups excluding carboxylic acids is 2. The second-order valence-electron chi connectivity index (χ2n) is 21.7. The smallest absolute Gasteiger partial charge is 0.305 e. The van der Waals surface area contributed by atoms with Crippen molar-refractivity contribution in [1.82, 2.24) is 5.32 Å². The van der Waals surface area contributed by atoms with Gasteiger partial charge in [0.2, 0.25) is 5.91 Å². The highest BCUT2D eigenvalue weighted by Gasteiger charge is 2.18. The van der Waals surface area contributed by atoms with Crippen LogP contribution in [0.1, 0.15) is 341 Å². The minimum Gasteiger partial charge on any atom is -0.466 e. The molecule has 0 radical (unpaired) electrons. The lowest BCUT2D eigenvalue weighted by atomic mass is 10.0. The normalized spacial score (nSPS) is 12.8. The van der Waals surface area contributed by atoms with E-state index in [1.807, 2.05) is 6.08 Å². The van der Waals surface area contributed by atoms with Crippen LogP contribution in [0.25, 0.3) is 0 Å². The van der Waals surface area contributed by atoms with Crippen molar-refractivity contribution in [1.29, 1.82) is 0 Å². The average Bonchev–Trinajstić information content (AvgIpc) is 3.37. The molecule has 0 heterocycles. The third-order valence-electron chi connectivity index (χ3n) is 14.6. The van der Waals surface area contributed by atoms with E-state index >= 15 is 0 Å². The van der Waals surface area contributed by atoms with Gasteiger partial charge in [-0.15, -0.1) is 0 Å². The van der Waals surface area contributed by atoms with Crippen molar-refractivity contribution in [3.8, 4) is 0 Å². The fraction of sp³-hybridized carbons (Fsp3) is 0.877. The molecule has 2 atom stereocenters. The molecule has 0 aromatic carbocycles. The lowest BCUT2D eigenvalue weighted by Gasteiger charge is -2.20. The number of ether oxygens (including phenoxy) is 1. The fourth-order valence-electron chi connectivity index (χ4n) is 9.74. The largest absolute Gasteiger partial charge is 0.466 e. The van der Waals surface area contributed by atoms with Crippen LogP contribution < -0.4 is 5.32 Å². The summed E-state index contributed by atoms with van der Waals surface area (Å²) < 4.78 is 5.46. The Morgan fingerprint density at radius 1 is 0.380 bits per heavy atom. The Bertz CT molecular complexity index is 1150. The number of rotatable bonds is 59. The molecule has 6 heteroatoms. The highest BCUT2D eigenvalue weighted by molar-refractivity contribution is 5.76. The van der Waals surface area contributed by atoms with E-state index in [-0.39, 0.29) is 18.5 Å². The Morgan fingerprint density at radius 2 is 0.662 bits per heavy atom. The molecule has 0 aliphatic rings. The molecule has 0 spiro atoms. The van der Waals surface area contributed by atoms with Crippen molar-refractivity contribution >= 4 is 11.9 Å². The number of hydrogen-bond acceptors (Lipinski definition) is 5. The number of carbonyl (C=O) groups is 2. The minimum atomic E-state index is -0.851. The van der Waals surface area contributed by atoms with Gasteiger partial charge in [-0.3, -0.25) is 9.59 Å². The van der Waals surface area contributed by atoms with Gasteiger partial charge in [-0.2, -0.15) is 0 Å². The lowest BCUT2D eigenvalue weighted by molar-refractivity contribution is -0.143. The number of aliphatic hydroxyl groups is 2. The SMILES string of the molecule is CCCCC/C=C\CCCCCCCC(=O)OCCCCCCCCCCC/C=C\CCCCCCCCCC(=O)NC(CO)C(O)/C=C/CCCCCCCCCCCCCCCCCCCCCC. The maximum absolute atomic E-state index is 12.5. The molecule has 0 saturated carbocycles. The average molecular weight is 999 g/mol. The quantitative estimate of drug-likeness (QED) is 0.0321. The van der Waals surface area contributed by atoms with Crippen LogP contribution in [0.5, 0.6) is 0 Å². The first kappa shape index (κ1) is 69.1. The van der Waals surface area contributed by atoms with E-state index in [1.54, 1.807) is 6.08 Å². The van der Waals surface area contributed by atoms with E-state index in [1.165, 1.54) is 263 Å². The summed E-state index contributed by atoms with van der Waals surface area (Å²) in [5.41, 5.74) is 0. The van der Waals surface area contributed by atoms with Crippen LogP contribution in [-0.2, 0) is 14.3 Å². The van der Waals surface area contributed by atoms with Crippen molar-refractivity contribution in [2.75, 3.05) is 13.2 Å². The van der Waals surface area contributed by atoms with Crippen molar-refractivity contribution in [3.05, 3.63) is 36.5 Å². The molecule has 0 aliphatic carbocycles. The molecule has 0 aliphatic heterocycles. The Labute approximate surface area is 443 Å². The third-order valence-corrected chi connectivity index (χ3v) is 14.6. The summed E-state index contributed by atoms with van der Waals surface area (Å²) in [6.07, 6.45) is 76.1. The molecule has 0 aromatic heterocycles. The van der Waals surface area contributed by atoms with Gasteiger partial charge in [0.1, 0.15) is 0 Å². The molecule has 3 N–H and O–H groups in total. The summed E-state index contributed by atoms with van der Waals surface area (Å²) in [4.78, 5) is 24.5. The summed E-state index contributed by atoms with van der Waals surface area (Å²) in [5, 5.41) is 23.2. The van der Waals surface area contributed by atoms with Crippen molar-refractivity contribution < 1.29 is 24.5 Å². The van der Waals surface area contributed by atoms with Gasteiger partial charge in [0.25, 0.3) is 0 Å². The Balaban J connectivity index is 3.47. The minimum absolute atomic E-state index is 0.00440. The van der Waals surface area contributed by atoms with Crippen LogP contribution in [0.2, 0.25) is 0 Å². The van der Waals surface area contributed by atoms with Gasteiger partial charge in [0.05, 0.1) is 25.4 Å². The van der Waals surface area contributed by atoms with Gasteiger partial charge in [-0.25, -0.2) is 0 Å². The molecule has 0 rings (SSSR count). The fourth-order valence-corrected chi connectivity index (χ4v) is 9.74. The van der Waals surface area contributed by atoms with E-state index in [4.69, 9.17) is 4.74 Å². The van der Waals surface area contributed by atoms with Crippen LogP contribution in [0.15, 0.2) is 36.5 Å². The van der Waals surface area contributed by atoms with E-state index in [0.717, 1.165) is 51.4 Å². The van der Waals surface area contributed by atoms with Gasteiger partial charge >= 0.3 is 5.97 Å². The van der Waals surface area contributed by atoms with Gasteiger partial charge < -0.3 is 20.3 Å². The van der Waals surface area contributed by atoms with Crippen LogP contribution in [0.3, 0.4) is 0 Å². The summed E-state index contributed by atoms with van der Waals surface area (Å²) in [5.74, 6) is -0.0785. The van der Waals surface area contributed by atoms with Gasteiger partial charge in [-0.1, -0.05) is 281 Å². The van der Waals surface area contributed by atoms with E-state index in [9.17, 15) is 19.8 Å². The maximum atomic E-state index is 12.5. The molecule has 0 fully saturated rings. The number of amides is 1. The van der Waals surface area contributed by atoms with Crippen LogP contribution in [-0.4, -0.2) is 47.4 Å². The van der Waals surface area contributed by atoms with E-state index in [2.05, 4.69) is 43.5 Å². The number of esters is 1. The summed E-state index contributed by atoms with van der Waals surface area (Å²) in [6, 6.07) is -0.636. The van der Waals surface area contributed by atoms with Crippen molar-refractivity contribution in [2.24, 2.45) is 0 Å². The van der Waals surface area contributed by atoms with Gasteiger partial charge in [0, 0.05) is 12.8 Å². The van der Waals surface area contributed by atoms with Crippen LogP contribution >= 0.6 is 0 Å². The number of hydrogen-bond donors (Lipinski definition) is 3. The van der Waals surface area contributed by atoms with Crippen molar-refractivity contribution in [3.63, 3.8) is 0 Å². The zero-order valence-electron chi connectivity index (χ0n) is 47.7. The molecule has 71 heavy (non-hydrogen) atoms. The van der Waals surface area contributed by atoms with Crippen LogP contribution in [0, 0.1) is 0 Å². The predicted molar refractivity (Wildman–Crippen MR) is 310 cm³/mol. The number of aliphatic hydroxyl groups excluding tert-OH is 2. The Kier molecular flexibility index (Phi) is 59.0. The first-order valence-corrected chi connectivity index (χ1v) is 31.8. The molecule has 0 aromatic rings. The zero-order chi connectivity index (χ0) is 51.4. The monoisotopic (exact) mass is 998 g/mol. The standard InChI is InChI=1S/C65H123NO5/c1-3-5-7-9-11-13-15-17-18-19-20-21-22-25-28-31-34-37-41-45-49-53-57-63(68)62(61-67)66-64(69)58-54-50-46-42-38-35-32-29-26-23-24-27-30-33-36-40-44-48-52-56-60-71-65(70)59-55-51-47-43-39-16-14-12-10-8-6-4-2/h12,14,23,26,53,57,62-63,67-68H,3-11,13,15-22,24-25,27-52,54-56,58-61H2,1-2H3,(H,66,69)/b14-12-,26-23-,57-53+. The van der Waals surface area contributed by atoms with E-state index in [0.29, 0.717) is 19.4 Å². The second-order valence-corrected chi connectivity index (χ2v) is 21.7. The zero-order valence-corrected chi connectivity index (χ0v) is 47.7. The Morgan fingerprint density at radius 3 is 1.03 bits per heavy atom. The van der Waals surface area contributed by atoms with Gasteiger partial charge in [0.15, 0.2) is 0 Å². The molecule has 1 amide bonds. The molecule has 0 bridgehead atoms. The summed E-state index contributed by atoms with van der Waals surface area (Å²) >= 11 is 0. The first-order chi connectivity index (χ1) is 35.0. The molecule has 2 unspecified atom stereocenters. The summed E-state index contributed by atoms with van der Waals surface area (Å²) in [6.45, 7) is 4.89.